The Labute approximate surface area is 161 Å². The molecule has 0 aliphatic carbocycles. The maximum Gasteiger partial charge on any atom is 0.261 e. The predicted octanol–water partition coefficient (Wildman–Crippen LogP) is 2.69. The van der Waals surface area contributed by atoms with Crippen LogP contribution in [0.25, 0.3) is 0 Å². The summed E-state index contributed by atoms with van der Waals surface area (Å²) in [4.78, 5) is 50.7. The Kier molecular flexibility index (Phi) is 5.81. The van der Waals surface area contributed by atoms with Gasteiger partial charge < -0.3 is 5.32 Å². The molecule has 0 spiro atoms. The van der Waals surface area contributed by atoms with E-state index in [0.717, 1.165) is 9.75 Å². The summed E-state index contributed by atoms with van der Waals surface area (Å²) in [7, 11) is 0. The topological polar surface area (TPSA) is 83.6 Å². The van der Waals surface area contributed by atoms with Gasteiger partial charge in [-0.3, -0.25) is 24.1 Å². The van der Waals surface area contributed by atoms with Crippen LogP contribution in [0.15, 0.2) is 36.4 Å². The molecule has 1 N–H and O–H groups in total. The van der Waals surface area contributed by atoms with Crippen molar-refractivity contribution in [2.45, 2.75) is 26.2 Å². The zero-order valence-electron chi connectivity index (χ0n) is 15.0. The molecule has 1 aliphatic rings. The van der Waals surface area contributed by atoms with E-state index < -0.39 is 0 Å². The molecule has 140 valence electrons. The maximum atomic E-state index is 12.2. The molecular formula is C20H20N2O4S. The Morgan fingerprint density at radius 1 is 1.04 bits per heavy atom. The van der Waals surface area contributed by atoms with Gasteiger partial charge in [-0.1, -0.05) is 12.1 Å². The third-order valence-corrected chi connectivity index (χ3v) is 5.61. The molecule has 0 saturated heterocycles. The lowest BCUT2D eigenvalue weighted by atomic mass is 10.1. The molecule has 1 aromatic heterocycles. The Balaban J connectivity index is 1.39. The Morgan fingerprint density at radius 3 is 2.30 bits per heavy atom. The number of fused-ring (bicyclic) bond motifs is 1. The summed E-state index contributed by atoms with van der Waals surface area (Å²) in [5.74, 6) is -0.664. The first kappa shape index (κ1) is 19.0. The van der Waals surface area contributed by atoms with Crippen LogP contribution in [-0.4, -0.2) is 41.5 Å². The van der Waals surface area contributed by atoms with Gasteiger partial charge in [-0.15, -0.1) is 11.3 Å². The zero-order chi connectivity index (χ0) is 19.4. The van der Waals surface area contributed by atoms with Crippen LogP contribution in [0.1, 0.15) is 55.0 Å². The van der Waals surface area contributed by atoms with Gasteiger partial charge in [0.1, 0.15) is 0 Å². The molecule has 1 aromatic carbocycles. The predicted molar refractivity (Wildman–Crippen MR) is 102 cm³/mol. The van der Waals surface area contributed by atoms with Gasteiger partial charge >= 0.3 is 0 Å². The summed E-state index contributed by atoms with van der Waals surface area (Å²) in [6, 6.07) is 10.4. The van der Waals surface area contributed by atoms with Gasteiger partial charge in [-0.25, -0.2) is 0 Å². The van der Waals surface area contributed by atoms with E-state index in [-0.39, 0.29) is 36.5 Å². The van der Waals surface area contributed by atoms with Crippen molar-refractivity contribution in [2.24, 2.45) is 0 Å². The van der Waals surface area contributed by atoms with Crippen LogP contribution < -0.4 is 5.32 Å². The maximum absolute atomic E-state index is 12.2. The normalized spacial score (nSPS) is 13.0. The standard InChI is InChI=1S/C20H20N2O4S/c1-13(23)17-9-8-14(27-17)10-11-21-18(24)7-4-12-22-19(25)15-5-2-3-6-16(15)20(22)26/h2-3,5-6,8-9H,4,7,10-12H2,1H3,(H,21,24). The molecule has 0 atom stereocenters. The lowest BCUT2D eigenvalue weighted by Crippen LogP contribution is -2.32. The second-order valence-electron chi connectivity index (χ2n) is 6.33. The number of nitrogens with one attached hydrogen (secondary N) is 1. The van der Waals surface area contributed by atoms with E-state index in [4.69, 9.17) is 0 Å². The first-order chi connectivity index (χ1) is 13.0. The quantitative estimate of drug-likeness (QED) is 0.560. The Hall–Kier alpha value is -2.80. The highest BCUT2D eigenvalue weighted by Gasteiger charge is 2.34. The lowest BCUT2D eigenvalue weighted by Gasteiger charge is -2.13. The largest absolute Gasteiger partial charge is 0.356 e. The van der Waals surface area contributed by atoms with Crippen LogP contribution in [0.5, 0.6) is 0 Å². The number of rotatable bonds is 8. The number of thiophene rings is 1. The molecule has 0 radical (unpaired) electrons. The summed E-state index contributed by atoms with van der Waals surface area (Å²) >= 11 is 1.44. The third-order valence-electron chi connectivity index (χ3n) is 4.37. The highest BCUT2D eigenvalue weighted by atomic mass is 32.1. The second kappa shape index (κ2) is 8.26. The minimum absolute atomic E-state index is 0.0449. The fourth-order valence-electron chi connectivity index (χ4n) is 2.95. The van der Waals surface area contributed by atoms with E-state index in [9.17, 15) is 19.2 Å². The molecule has 2 heterocycles. The molecule has 6 nitrogen and oxygen atoms in total. The summed E-state index contributed by atoms with van der Waals surface area (Å²) < 4.78 is 0. The SMILES string of the molecule is CC(=O)c1ccc(CCNC(=O)CCCN2C(=O)c3ccccc3C2=O)s1. The molecule has 3 rings (SSSR count). The first-order valence-corrected chi connectivity index (χ1v) is 9.60. The first-order valence-electron chi connectivity index (χ1n) is 8.79. The summed E-state index contributed by atoms with van der Waals surface area (Å²) in [6.07, 6.45) is 1.34. The van der Waals surface area contributed by atoms with Crippen molar-refractivity contribution in [3.63, 3.8) is 0 Å². The number of carbonyl (C=O) groups excluding carboxylic acids is 4. The Bertz CT molecular complexity index is 868. The molecule has 0 bridgehead atoms. The van der Waals surface area contributed by atoms with Crippen molar-refractivity contribution in [3.05, 3.63) is 57.3 Å². The van der Waals surface area contributed by atoms with Crippen molar-refractivity contribution in [1.29, 1.82) is 0 Å². The van der Waals surface area contributed by atoms with Gasteiger partial charge in [0.25, 0.3) is 11.8 Å². The fourth-order valence-corrected chi connectivity index (χ4v) is 3.86. The average Bonchev–Trinajstić information content (AvgIpc) is 3.21. The van der Waals surface area contributed by atoms with Crippen molar-refractivity contribution >= 4 is 34.8 Å². The molecule has 0 fully saturated rings. The van der Waals surface area contributed by atoms with Crippen LogP contribution in [0.3, 0.4) is 0 Å². The third kappa shape index (κ3) is 4.31. The van der Waals surface area contributed by atoms with E-state index in [1.165, 1.54) is 23.2 Å². The average molecular weight is 384 g/mol. The van der Waals surface area contributed by atoms with Gasteiger partial charge in [0.2, 0.25) is 5.91 Å². The fraction of sp³-hybridized carbons (Fsp3) is 0.300. The number of Topliss-reactive ketones (excluding diaryl/α,β-unsaturated/α-hetero) is 1. The van der Waals surface area contributed by atoms with Gasteiger partial charge in [0.05, 0.1) is 16.0 Å². The van der Waals surface area contributed by atoms with Crippen LogP contribution in [0.2, 0.25) is 0 Å². The van der Waals surface area contributed by atoms with Gasteiger partial charge in [-0.2, -0.15) is 0 Å². The number of hydrogen-bond acceptors (Lipinski definition) is 5. The highest BCUT2D eigenvalue weighted by molar-refractivity contribution is 7.14. The smallest absolute Gasteiger partial charge is 0.261 e. The molecule has 1 aliphatic heterocycles. The van der Waals surface area contributed by atoms with E-state index in [1.807, 2.05) is 6.07 Å². The number of amides is 3. The number of nitrogens with zero attached hydrogens (tertiary/aromatic N) is 1. The molecule has 0 saturated carbocycles. The second-order valence-corrected chi connectivity index (χ2v) is 7.50. The molecule has 7 heteroatoms. The van der Waals surface area contributed by atoms with Crippen LogP contribution in [0, 0.1) is 0 Å². The number of benzene rings is 1. The number of hydrogen-bond donors (Lipinski definition) is 1. The van der Waals surface area contributed by atoms with E-state index in [1.54, 1.807) is 30.3 Å². The van der Waals surface area contributed by atoms with E-state index in [0.29, 0.717) is 30.5 Å². The van der Waals surface area contributed by atoms with Gasteiger partial charge in [0.15, 0.2) is 5.78 Å². The van der Waals surface area contributed by atoms with E-state index >= 15 is 0 Å². The summed E-state index contributed by atoms with van der Waals surface area (Å²) in [5, 5.41) is 2.83. The highest BCUT2D eigenvalue weighted by Crippen LogP contribution is 2.22. The van der Waals surface area contributed by atoms with Crippen molar-refractivity contribution in [2.75, 3.05) is 13.1 Å². The minimum atomic E-state index is -0.296. The molecule has 3 amide bonds. The van der Waals surface area contributed by atoms with Crippen LogP contribution >= 0.6 is 11.3 Å². The molecule has 27 heavy (non-hydrogen) atoms. The molecular weight excluding hydrogens is 364 g/mol. The zero-order valence-corrected chi connectivity index (χ0v) is 15.8. The number of imide groups is 1. The minimum Gasteiger partial charge on any atom is -0.356 e. The molecule has 2 aromatic rings. The van der Waals surface area contributed by atoms with Gasteiger partial charge in [-0.05, 0) is 44.0 Å². The van der Waals surface area contributed by atoms with Crippen molar-refractivity contribution in [3.8, 4) is 0 Å². The Morgan fingerprint density at radius 2 is 1.70 bits per heavy atom. The summed E-state index contributed by atoms with van der Waals surface area (Å²) in [5.41, 5.74) is 0.848. The van der Waals surface area contributed by atoms with Crippen molar-refractivity contribution < 1.29 is 19.2 Å². The lowest BCUT2D eigenvalue weighted by molar-refractivity contribution is -0.121. The number of carbonyl (C=O) groups is 4. The van der Waals surface area contributed by atoms with Crippen molar-refractivity contribution in [1.82, 2.24) is 10.2 Å². The van der Waals surface area contributed by atoms with E-state index in [2.05, 4.69) is 5.32 Å². The van der Waals surface area contributed by atoms with Gasteiger partial charge in [0, 0.05) is 24.4 Å². The van der Waals surface area contributed by atoms with Crippen LogP contribution in [-0.2, 0) is 11.2 Å². The van der Waals surface area contributed by atoms with Crippen LogP contribution in [0.4, 0.5) is 0 Å². The number of ketones is 1. The molecule has 0 unspecified atom stereocenters. The monoisotopic (exact) mass is 384 g/mol. The summed E-state index contributed by atoms with van der Waals surface area (Å²) in [6.45, 7) is 2.25.